The van der Waals surface area contributed by atoms with Gasteiger partial charge in [-0.2, -0.15) is 5.26 Å². The van der Waals surface area contributed by atoms with E-state index in [9.17, 15) is 38.7 Å². The van der Waals surface area contributed by atoms with Crippen LogP contribution in [0.3, 0.4) is 0 Å². The number of nitro benzene ring substituents is 2. The van der Waals surface area contributed by atoms with Gasteiger partial charge in [0, 0.05) is 31.3 Å². The SMILES string of the molecule is N#Cc1ccc(CN2Cc3c(cc(Br)c(OCc4ccc([N+](=O)[O-])cc4)c3Br)C[C@H]2C(=O)NS(=O)(=O)c2ccc(Cl)c([N+](=O)[O-])c2)cc1. The molecule has 246 valence electrons. The Morgan fingerprint density at radius 1 is 1.02 bits per heavy atom. The number of ether oxygens (including phenoxy) is 1. The lowest BCUT2D eigenvalue weighted by Crippen LogP contribution is -2.51. The summed E-state index contributed by atoms with van der Waals surface area (Å²) in [5.41, 5.74) is 2.75. The Labute approximate surface area is 295 Å². The third kappa shape index (κ3) is 7.66. The van der Waals surface area contributed by atoms with Crippen LogP contribution in [0.1, 0.15) is 27.8 Å². The number of carbonyl (C=O) groups is 1. The number of nitrogens with zero attached hydrogens (tertiary/aromatic N) is 4. The van der Waals surface area contributed by atoms with Crippen LogP contribution in [0, 0.1) is 31.6 Å². The molecule has 1 atom stereocenters. The van der Waals surface area contributed by atoms with Crippen LogP contribution in [0.2, 0.25) is 5.02 Å². The van der Waals surface area contributed by atoms with E-state index in [1.807, 2.05) is 0 Å². The van der Waals surface area contributed by atoms with Gasteiger partial charge in [0.2, 0.25) is 0 Å². The smallest absolute Gasteiger partial charge is 0.289 e. The number of hydrogen-bond donors (Lipinski definition) is 1. The number of nitriles is 1. The monoisotopic (exact) mass is 817 g/mol. The fourth-order valence-electron chi connectivity index (χ4n) is 5.10. The topological polar surface area (TPSA) is 186 Å². The molecule has 0 aliphatic carbocycles. The number of nitro groups is 2. The average molecular weight is 820 g/mol. The third-order valence-electron chi connectivity index (χ3n) is 7.55. The molecule has 1 N–H and O–H groups in total. The molecule has 0 spiro atoms. The molecule has 0 aromatic heterocycles. The normalized spacial score (nSPS) is 14.4. The summed E-state index contributed by atoms with van der Waals surface area (Å²) in [5.74, 6) is -0.391. The highest BCUT2D eigenvalue weighted by molar-refractivity contribution is 9.11. The third-order valence-corrected chi connectivity index (χ3v) is 10.6. The predicted molar refractivity (Wildman–Crippen MR) is 181 cm³/mol. The van der Waals surface area contributed by atoms with Crippen molar-refractivity contribution in [3.8, 4) is 11.8 Å². The molecular weight excluding hydrogens is 798 g/mol. The second-order valence-corrected chi connectivity index (χ2v) is 14.4. The number of hydrogen-bond acceptors (Lipinski definition) is 10. The number of rotatable bonds is 10. The van der Waals surface area contributed by atoms with Crippen LogP contribution in [0.4, 0.5) is 11.4 Å². The first-order chi connectivity index (χ1) is 22.8. The van der Waals surface area contributed by atoms with Crippen molar-refractivity contribution < 1.29 is 27.8 Å². The number of benzene rings is 4. The van der Waals surface area contributed by atoms with Crippen molar-refractivity contribution >= 4 is 70.8 Å². The molecule has 1 heterocycles. The molecule has 0 bridgehead atoms. The molecule has 0 saturated heterocycles. The number of nitrogens with one attached hydrogen (secondary N) is 1. The molecule has 4 aromatic carbocycles. The van der Waals surface area contributed by atoms with Crippen molar-refractivity contribution in [2.75, 3.05) is 0 Å². The average Bonchev–Trinajstić information content (AvgIpc) is 3.05. The van der Waals surface area contributed by atoms with Gasteiger partial charge in [-0.05, 0) is 103 Å². The number of carbonyl (C=O) groups excluding carboxylic acids is 1. The number of sulfonamides is 1. The Balaban J connectivity index is 1.45. The molecule has 17 heteroatoms. The number of fused-ring (bicyclic) bond motifs is 1. The minimum Gasteiger partial charge on any atom is -0.487 e. The van der Waals surface area contributed by atoms with E-state index < -0.39 is 42.4 Å². The molecule has 1 aliphatic heterocycles. The lowest BCUT2D eigenvalue weighted by atomic mass is 9.92. The molecule has 0 unspecified atom stereocenters. The van der Waals surface area contributed by atoms with E-state index in [0.29, 0.717) is 25.8 Å². The summed E-state index contributed by atoms with van der Waals surface area (Å²) >= 11 is 13.0. The van der Waals surface area contributed by atoms with Gasteiger partial charge in [-0.1, -0.05) is 23.7 Å². The number of non-ortho nitro benzene ring substituents is 1. The van der Waals surface area contributed by atoms with Crippen molar-refractivity contribution in [2.24, 2.45) is 0 Å². The van der Waals surface area contributed by atoms with Crippen molar-refractivity contribution in [3.05, 3.63) is 135 Å². The molecular formula is C31H22Br2ClN5O8S. The highest BCUT2D eigenvalue weighted by atomic mass is 79.9. The second kappa shape index (κ2) is 14.4. The lowest BCUT2D eigenvalue weighted by molar-refractivity contribution is -0.385. The van der Waals surface area contributed by atoms with Gasteiger partial charge in [0.25, 0.3) is 27.3 Å². The van der Waals surface area contributed by atoms with Crippen molar-refractivity contribution in [1.82, 2.24) is 9.62 Å². The maximum atomic E-state index is 13.7. The first-order valence-electron chi connectivity index (χ1n) is 13.9. The molecule has 0 saturated carbocycles. The Morgan fingerprint density at radius 2 is 1.69 bits per heavy atom. The molecule has 0 fully saturated rings. The van der Waals surface area contributed by atoms with Crippen molar-refractivity contribution in [2.45, 2.75) is 37.1 Å². The van der Waals surface area contributed by atoms with E-state index in [-0.39, 0.29) is 36.8 Å². The summed E-state index contributed by atoms with van der Waals surface area (Å²) in [4.78, 5) is 36.0. The molecule has 1 aliphatic rings. The zero-order chi connectivity index (χ0) is 34.7. The van der Waals surface area contributed by atoms with Crippen LogP contribution in [0.15, 0.2) is 86.6 Å². The van der Waals surface area contributed by atoms with E-state index in [4.69, 9.17) is 16.3 Å². The summed E-state index contributed by atoms with van der Waals surface area (Å²) in [5, 5.41) is 31.3. The van der Waals surface area contributed by atoms with E-state index in [2.05, 4.69) is 42.7 Å². The maximum absolute atomic E-state index is 13.7. The zero-order valence-corrected chi connectivity index (χ0v) is 29.2. The van der Waals surface area contributed by atoms with E-state index in [0.717, 1.165) is 34.9 Å². The van der Waals surface area contributed by atoms with Gasteiger partial charge in [0.1, 0.15) is 17.4 Å². The molecule has 1 amide bonds. The molecule has 0 radical (unpaired) electrons. The number of halogens is 3. The van der Waals surface area contributed by atoms with E-state index in [1.54, 1.807) is 47.4 Å². The van der Waals surface area contributed by atoms with Crippen LogP contribution in [0.25, 0.3) is 0 Å². The highest BCUT2D eigenvalue weighted by Crippen LogP contribution is 2.42. The lowest BCUT2D eigenvalue weighted by Gasteiger charge is -2.37. The molecule has 5 rings (SSSR count). The summed E-state index contributed by atoms with van der Waals surface area (Å²) in [7, 11) is -4.53. The Morgan fingerprint density at radius 3 is 2.31 bits per heavy atom. The van der Waals surface area contributed by atoms with Gasteiger partial charge in [-0.3, -0.25) is 29.9 Å². The molecule has 48 heavy (non-hydrogen) atoms. The Bertz CT molecular complexity index is 2090. The first-order valence-corrected chi connectivity index (χ1v) is 17.3. The quantitative estimate of drug-likeness (QED) is 0.136. The summed E-state index contributed by atoms with van der Waals surface area (Å²) in [6.45, 7) is 0.494. The van der Waals surface area contributed by atoms with Crippen LogP contribution < -0.4 is 9.46 Å². The molecule has 13 nitrogen and oxygen atoms in total. The zero-order valence-electron chi connectivity index (χ0n) is 24.4. The first kappa shape index (κ1) is 34.9. The van der Waals surface area contributed by atoms with Gasteiger partial charge in [0.15, 0.2) is 0 Å². The fraction of sp³-hybridized carbons (Fsp3) is 0.161. The Kier molecular flexibility index (Phi) is 10.5. The molecule has 4 aromatic rings. The van der Waals surface area contributed by atoms with E-state index in [1.165, 1.54) is 12.1 Å². The maximum Gasteiger partial charge on any atom is 0.289 e. The van der Waals surface area contributed by atoms with Crippen LogP contribution >= 0.6 is 43.5 Å². The van der Waals surface area contributed by atoms with Gasteiger partial charge < -0.3 is 4.74 Å². The van der Waals surface area contributed by atoms with Crippen molar-refractivity contribution in [3.63, 3.8) is 0 Å². The highest BCUT2D eigenvalue weighted by Gasteiger charge is 2.36. The summed E-state index contributed by atoms with van der Waals surface area (Å²) in [6, 6.07) is 18.5. The van der Waals surface area contributed by atoms with Gasteiger partial charge in [-0.15, -0.1) is 0 Å². The largest absolute Gasteiger partial charge is 0.487 e. The minimum atomic E-state index is -4.53. The minimum absolute atomic E-state index is 0.0434. The van der Waals surface area contributed by atoms with Gasteiger partial charge in [-0.25, -0.2) is 13.1 Å². The summed E-state index contributed by atoms with van der Waals surface area (Å²) in [6.07, 6.45) is 0.0908. The Hall–Kier alpha value is -4.40. The van der Waals surface area contributed by atoms with Gasteiger partial charge in [0.05, 0.1) is 41.4 Å². The summed E-state index contributed by atoms with van der Waals surface area (Å²) < 4.78 is 35.8. The second-order valence-electron chi connectivity index (χ2n) is 10.6. The standard InChI is InChI=1S/C31H22Br2ClN5O8S/c32-25-11-21-12-28(31(40)36-48(45,46)23-9-10-26(34)27(13-23)39(43)44)37(15-19-3-1-18(14-35)2-4-19)16-24(21)29(33)30(25)47-17-20-5-7-22(8-6-20)38(41)42/h1-11,13,28H,12,15-17H2,(H,36,40)/t28-/m0/s1. The fourth-order valence-corrected chi connectivity index (χ4v) is 7.88. The van der Waals surface area contributed by atoms with Crippen LogP contribution in [-0.2, 0) is 40.9 Å². The van der Waals surface area contributed by atoms with E-state index >= 15 is 0 Å². The van der Waals surface area contributed by atoms with Crippen LogP contribution in [0.5, 0.6) is 5.75 Å². The number of amides is 1. The predicted octanol–water partition coefficient (Wildman–Crippen LogP) is 6.56. The van der Waals surface area contributed by atoms with Crippen LogP contribution in [-0.4, -0.2) is 35.1 Å². The van der Waals surface area contributed by atoms with Crippen molar-refractivity contribution in [1.29, 1.82) is 5.26 Å². The van der Waals surface area contributed by atoms with Gasteiger partial charge >= 0.3 is 0 Å².